The van der Waals surface area contributed by atoms with E-state index in [-0.39, 0.29) is 17.5 Å². The number of carbonyl (C=O) groups excluding carboxylic acids is 1. The second-order valence-corrected chi connectivity index (χ2v) is 8.20. The van der Waals surface area contributed by atoms with Crippen LogP contribution in [0.5, 0.6) is 11.5 Å². The highest BCUT2D eigenvalue weighted by Crippen LogP contribution is 2.33. The molecule has 3 aromatic rings. The van der Waals surface area contributed by atoms with Crippen LogP contribution in [-0.4, -0.2) is 26.6 Å². The number of rotatable bonds is 6. The first-order valence-electron chi connectivity index (χ1n) is 9.55. The fraction of sp³-hybridized carbons (Fsp3) is 0.273. The highest BCUT2D eigenvalue weighted by Gasteiger charge is 2.35. The molecule has 1 aliphatic rings. The number of benzene rings is 2. The van der Waals surface area contributed by atoms with Crippen molar-refractivity contribution in [2.75, 3.05) is 0 Å². The summed E-state index contributed by atoms with van der Waals surface area (Å²) in [5, 5.41) is 4.98. The van der Waals surface area contributed by atoms with E-state index in [1.807, 2.05) is 24.3 Å². The molecule has 0 saturated heterocycles. The van der Waals surface area contributed by atoms with Crippen LogP contribution < -0.4 is 4.74 Å². The van der Waals surface area contributed by atoms with Gasteiger partial charge in [0.05, 0.1) is 10.7 Å². The van der Waals surface area contributed by atoms with E-state index in [0.29, 0.717) is 33.8 Å². The minimum atomic E-state index is -0.605. The molecule has 156 valence electrons. The Labute approximate surface area is 184 Å². The quantitative estimate of drug-likeness (QED) is 0.481. The molecular formula is C22H20Cl2FN3O2. The molecule has 0 N–H and O–H groups in total. The Kier molecular flexibility index (Phi) is 5.71. The van der Waals surface area contributed by atoms with Gasteiger partial charge in [-0.2, -0.15) is 9.49 Å². The molecule has 4 rings (SSSR count). The minimum absolute atomic E-state index is 0.0433. The summed E-state index contributed by atoms with van der Waals surface area (Å²) in [6.07, 6.45) is 1.84. The van der Waals surface area contributed by atoms with E-state index in [1.54, 1.807) is 30.0 Å². The standard InChI is InChI=1S/C22H20Cl2FN3O2/c1-13-20(21(25)27(2)26-13)22(29)28(16-6-7-16)12-14-3-8-17(9-4-14)30-19-10-5-15(23)11-18(19)24/h3-5,8-11,16H,6-7,12H2,1-2H3. The van der Waals surface area contributed by atoms with Gasteiger partial charge in [0.15, 0.2) is 0 Å². The van der Waals surface area contributed by atoms with Crippen molar-refractivity contribution >= 4 is 29.1 Å². The topological polar surface area (TPSA) is 47.4 Å². The van der Waals surface area contributed by atoms with Crippen molar-refractivity contribution in [1.29, 1.82) is 0 Å². The van der Waals surface area contributed by atoms with Crippen LogP contribution in [0.3, 0.4) is 0 Å². The number of carbonyl (C=O) groups is 1. The summed E-state index contributed by atoms with van der Waals surface area (Å²) < 4.78 is 21.3. The Bertz CT molecular complexity index is 1090. The van der Waals surface area contributed by atoms with Gasteiger partial charge in [0.2, 0.25) is 5.95 Å². The average molecular weight is 448 g/mol. The van der Waals surface area contributed by atoms with E-state index < -0.39 is 5.95 Å². The molecule has 2 aromatic carbocycles. The van der Waals surface area contributed by atoms with Gasteiger partial charge in [0.1, 0.15) is 17.1 Å². The van der Waals surface area contributed by atoms with E-state index in [0.717, 1.165) is 23.1 Å². The predicted molar refractivity (Wildman–Crippen MR) is 114 cm³/mol. The second kappa shape index (κ2) is 8.28. The summed E-state index contributed by atoms with van der Waals surface area (Å²) in [4.78, 5) is 14.8. The van der Waals surface area contributed by atoms with E-state index >= 15 is 0 Å². The van der Waals surface area contributed by atoms with Crippen molar-refractivity contribution in [3.8, 4) is 11.5 Å². The smallest absolute Gasteiger partial charge is 0.260 e. The van der Waals surface area contributed by atoms with E-state index in [2.05, 4.69) is 5.10 Å². The summed E-state index contributed by atoms with van der Waals surface area (Å²) >= 11 is 12.1. The van der Waals surface area contributed by atoms with Gasteiger partial charge in [0, 0.05) is 24.7 Å². The minimum Gasteiger partial charge on any atom is -0.456 e. The number of ether oxygens (including phenoxy) is 1. The lowest BCUT2D eigenvalue weighted by molar-refractivity contribution is 0.0723. The zero-order valence-electron chi connectivity index (χ0n) is 16.5. The number of halogens is 3. The first-order chi connectivity index (χ1) is 14.3. The zero-order chi connectivity index (χ0) is 21.4. The third-order valence-corrected chi connectivity index (χ3v) is 5.54. The molecule has 0 unspecified atom stereocenters. The molecule has 5 nitrogen and oxygen atoms in total. The summed E-state index contributed by atoms with van der Waals surface area (Å²) in [6, 6.07) is 12.5. The van der Waals surface area contributed by atoms with Crippen LogP contribution in [-0.2, 0) is 13.6 Å². The van der Waals surface area contributed by atoms with Crippen molar-refractivity contribution < 1.29 is 13.9 Å². The molecule has 0 radical (unpaired) electrons. The third-order valence-electron chi connectivity index (χ3n) is 5.01. The van der Waals surface area contributed by atoms with E-state index in [9.17, 15) is 9.18 Å². The fourth-order valence-electron chi connectivity index (χ4n) is 3.31. The maximum Gasteiger partial charge on any atom is 0.260 e. The zero-order valence-corrected chi connectivity index (χ0v) is 18.0. The van der Waals surface area contributed by atoms with E-state index in [1.165, 1.54) is 7.05 Å². The predicted octanol–water partition coefficient (Wildman–Crippen LogP) is 5.77. The SMILES string of the molecule is Cc1nn(C)c(F)c1C(=O)N(Cc1ccc(Oc2ccc(Cl)cc2Cl)cc1)C1CC1. The Morgan fingerprint density at radius 1 is 1.23 bits per heavy atom. The monoisotopic (exact) mass is 447 g/mol. The highest BCUT2D eigenvalue weighted by atomic mass is 35.5. The second-order valence-electron chi connectivity index (χ2n) is 7.36. The van der Waals surface area contributed by atoms with Crippen LogP contribution in [0.15, 0.2) is 42.5 Å². The van der Waals surface area contributed by atoms with Gasteiger partial charge in [-0.1, -0.05) is 35.3 Å². The number of aromatic nitrogens is 2. The maximum atomic E-state index is 14.4. The normalized spacial score (nSPS) is 13.4. The van der Waals surface area contributed by atoms with Gasteiger partial charge >= 0.3 is 0 Å². The first-order valence-corrected chi connectivity index (χ1v) is 10.3. The number of hydrogen-bond donors (Lipinski definition) is 0. The Hall–Kier alpha value is -2.57. The molecule has 1 amide bonds. The van der Waals surface area contributed by atoms with Crippen molar-refractivity contribution in [1.82, 2.24) is 14.7 Å². The van der Waals surface area contributed by atoms with Crippen molar-refractivity contribution in [2.45, 2.75) is 32.4 Å². The molecule has 0 spiro atoms. The molecule has 1 saturated carbocycles. The molecular weight excluding hydrogens is 428 g/mol. The molecule has 1 aliphatic carbocycles. The molecule has 8 heteroatoms. The highest BCUT2D eigenvalue weighted by molar-refractivity contribution is 6.35. The third kappa shape index (κ3) is 4.30. The molecule has 0 atom stereocenters. The number of nitrogens with zero attached hydrogens (tertiary/aromatic N) is 3. The average Bonchev–Trinajstić information content (AvgIpc) is 3.50. The van der Waals surface area contributed by atoms with Crippen LogP contribution in [0.1, 0.15) is 34.5 Å². The van der Waals surface area contributed by atoms with Crippen LogP contribution in [0, 0.1) is 12.9 Å². The molecule has 0 bridgehead atoms. The fourth-order valence-corrected chi connectivity index (χ4v) is 3.76. The number of hydrogen-bond acceptors (Lipinski definition) is 3. The van der Waals surface area contributed by atoms with Gasteiger partial charge in [-0.25, -0.2) is 4.68 Å². The molecule has 1 fully saturated rings. The molecule has 1 heterocycles. The Morgan fingerprint density at radius 2 is 1.93 bits per heavy atom. The lowest BCUT2D eigenvalue weighted by Crippen LogP contribution is -2.33. The maximum absolute atomic E-state index is 14.4. The van der Waals surface area contributed by atoms with Crippen molar-refractivity contribution in [3.05, 3.63) is 75.3 Å². The van der Waals surface area contributed by atoms with Crippen LogP contribution in [0.2, 0.25) is 10.0 Å². The summed E-state index contributed by atoms with van der Waals surface area (Å²) in [5.74, 6) is 0.188. The number of amides is 1. The van der Waals surface area contributed by atoms with Gasteiger partial charge in [-0.15, -0.1) is 0 Å². The number of aryl methyl sites for hydroxylation is 2. The van der Waals surface area contributed by atoms with Gasteiger partial charge < -0.3 is 9.64 Å². The van der Waals surface area contributed by atoms with Gasteiger partial charge in [0.25, 0.3) is 5.91 Å². The Morgan fingerprint density at radius 3 is 2.50 bits per heavy atom. The summed E-state index contributed by atoms with van der Waals surface area (Å²) in [7, 11) is 1.49. The lowest BCUT2D eigenvalue weighted by atomic mass is 10.1. The molecule has 30 heavy (non-hydrogen) atoms. The first kappa shape index (κ1) is 20.7. The van der Waals surface area contributed by atoms with Gasteiger partial charge in [-0.3, -0.25) is 4.79 Å². The van der Waals surface area contributed by atoms with Crippen molar-refractivity contribution in [3.63, 3.8) is 0 Å². The van der Waals surface area contributed by atoms with Crippen LogP contribution >= 0.6 is 23.2 Å². The van der Waals surface area contributed by atoms with Crippen LogP contribution in [0.25, 0.3) is 0 Å². The summed E-state index contributed by atoms with van der Waals surface area (Å²) in [6.45, 7) is 2.04. The van der Waals surface area contributed by atoms with Crippen molar-refractivity contribution in [2.24, 2.45) is 7.05 Å². The van der Waals surface area contributed by atoms with Crippen LogP contribution in [0.4, 0.5) is 4.39 Å². The summed E-state index contributed by atoms with van der Waals surface area (Å²) in [5.41, 5.74) is 1.36. The molecule has 1 aromatic heterocycles. The van der Waals surface area contributed by atoms with Gasteiger partial charge in [-0.05, 0) is 55.7 Å². The van der Waals surface area contributed by atoms with E-state index in [4.69, 9.17) is 27.9 Å². The molecule has 0 aliphatic heterocycles. The Balaban J connectivity index is 1.50. The lowest BCUT2D eigenvalue weighted by Gasteiger charge is -2.22. The largest absolute Gasteiger partial charge is 0.456 e.